The van der Waals surface area contributed by atoms with E-state index >= 15 is 0 Å². The molecule has 1 unspecified atom stereocenters. The molecule has 83 heavy (non-hydrogen) atoms. The van der Waals surface area contributed by atoms with Crippen molar-refractivity contribution in [1.29, 1.82) is 0 Å². The molecule has 0 aliphatic rings. The highest BCUT2D eigenvalue weighted by Crippen LogP contribution is 2.19. The maximum absolute atomic E-state index is 13.0. The zero-order valence-electron chi connectivity index (χ0n) is 56.2. The van der Waals surface area contributed by atoms with Gasteiger partial charge in [-0.1, -0.05) is 365 Å². The van der Waals surface area contributed by atoms with Gasteiger partial charge >= 0.3 is 17.9 Å². The molecular weight excluding hydrogens is 1020 g/mol. The summed E-state index contributed by atoms with van der Waals surface area (Å²) in [6.07, 6.45) is 90.5. The van der Waals surface area contributed by atoms with Gasteiger partial charge in [-0.25, -0.2) is 0 Å². The Balaban J connectivity index is 4.21. The number of carbonyl (C=O) groups is 3. The summed E-state index contributed by atoms with van der Waals surface area (Å²) >= 11 is 0. The minimum atomic E-state index is -0.777. The van der Waals surface area contributed by atoms with Crippen LogP contribution in [-0.2, 0) is 28.6 Å². The van der Waals surface area contributed by atoms with E-state index in [2.05, 4.69) is 57.2 Å². The maximum Gasteiger partial charge on any atom is 0.306 e. The lowest BCUT2D eigenvalue weighted by Crippen LogP contribution is -2.30. The predicted molar refractivity (Wildman–Crippen MR) is 362 cm³/mol. The highest BCUT2D eigenvalue weighted by Gasteiger charge is 2.20. The van der Waals surface area contributed by atoms with Gasteiger partial charge in [-0.2, -0.15) is 0 Å². The Kier molecular flexibility index (Phi) is 70.0. The van der Waals surface area contributed by atoms with Crippen molar-refractivity contribution in [3.63, 3.8) is 0 Å². The van der Waals surface area contributed by atoms with Crippen LogP contribution < -0.4 is 0 Å². The van der Waals surface area contributed by atoms with Crippen LogP contribution in [0.15, 0.2) is 36.5 Å². The van der Waals surface area contributed by atoms with Crippen LogP contribution in [0.4, 0.5) is 0 Å². The summed E-state index contributed by atoms with van der Waals surface area (Å²) in [6, 6.07) is 0. The summed E-state index contributed by atoms with van der Waals surface area (Å²) in [5, 5.41) is 0. The molecule has 0 spiro atoms. The van der Waals surface area contributed by atoms with Gasteiger partial charge in [0.25, 0.3) is 0 Å². The molecule has 0 saturated carbocycles. The molecule has 0 saturated heterocycles. The zero-order valence-corrected chi connectivity index (χ0v) is 56.2. The van der Waals surface area contributed by atoms with Gasteiger partial charge < -0.3 is 14.2 Å². The summed E-state index contributed by atoms with van der Waals surface area (Å²) < 4.78 is 17.0. The first-order chi connectivity index (χ1) is 41.0. The smallest absolute Gasteiger partial charge is 0.306 e. The van der Waals surface area contributed by atoms with Crippen LogP contribution in [-0.4, -0.2) is 37.2 Å². The van der Waals surface area contributed by atoms with Gasteiger partial charge in [0.2, 0.25) is 0 Å². The summed E-state index contributed by atoms with van der Waals surface area (Å²) in [5.41, 5.74) is 0. The minimum absolute atomic E-state index is 0.0712. The van der Waals surface area contributed by atoms with Gasteiger partial charge in [0, 0.05) is 19.3 Å². The largest absolute Gasteiger partial charge is 0.462 e. The van der Waals surface area contributed by atoms with Crippen molar-refractivity contribution in [3.8, 4) is 0 Å². The highest BCUT2D eigenvalue weighted by molar-refractivity contribution is 5.71. The lowest BCUT2D eigenvalue weighted by atomic mass is 10.0. The van der Waals surface area contributed by atoms with Gasteiger partial charge in [0.05, 0.1) is 0 Å². The Morgan fingerprint density at radius 3 is 0.711 bits per heavy atom. The molecule has 0 aromatic heterocycles. The van der Waals surface area contributed by atoms with Crippen LogP contribution >= 0.6 is 0 Å². The van der Waals surface area contributed by atoms with E-state index in [9.17, 15) is 14.4 Å². The van der Waals surface area contributed by atoms with Crippen LogP contribution in [0.25, 0.3) is 0 Å². The van der Waals surface area contributed by atoms with E-state index in [-0.39, 0.29) is 31.1 Å². The van der Waals surface area contributed by atoms with Gasteiger partial charge in [0.15, 0.2) is 6.10 Å². The molecular formula is C77H144O6. The number of allylic oxidation sites excluding steroid dienone is 6. The minimum Gasteiger partial charge on any atom is -0.462 e. The van der Waals surface area contributed by atoms with Crippen LogP contribution in [0.2, 0.25) is 0 Å². The first-order valence-corrected chi connectivity index (χ1v) is 37.5. The van der Waals surface area contributed by atoms with Gasteiger partial charge in [-0.3, -0.25) is 14.4 Å². The quantitative estimate of drug-likeness (QED) is 0.0261. The number of ether oxygens (including phenoxy) is 3. The monoisotopic (exact) mass is 1170 g/mol. The lowest BCUT2D eigenvalue weighted by Gasteiger charge is -2.18. The molecule has 488 valence electrons. The van der Waals surface area contributed by atoms with Crippen molar-refractivity contribution in [3.05, 3.63) is 36.5 Å². The summed E-state index contributed by atoms with van der Waals surface area (Å²) in [7, 11) is 0. The third-order valence-electron chi connectivity index (χ3n) is 17.1. The number of hydrogen-bond donors (Lipinski definition) is 0. The van der Waals surface area contributed by atoms with Crippen LogP contribution in [0.5, 0.6) is 0 Å². The number of hydrogen-bond acceptors (Lipinski definition) is 6. The van der Waals surface area contributed by atoms with Crippen molar-refractivity contribution in [2.24, 2.45) is 0 Å². The molecule has 0 fully saturated rings. The zero-order chi connectivity index (χ0) is 59.9. The summed E-state index contributed by atoms with van der Waals surface area (Å²) in [4.78, 5) is 38.5. The summed E-state index contributed by atoms with van der Waals surface area (Å²) in [6.45, 7) is 6.67. The van der Waals surface area contributed by atoms with Crippen molar-refractivity contribution < 1.29 is 28.6 Å². The first-order valence-electron chi connectivity index (χ1n) is 37.5. The Morgan fingerprint density at radius 1 is 0.241 bits per heavy atom. The molecule has 0 N–H and O–H groups in total. The second-order valence-electron chi connectivity index (χ2n) is 25.6. The average molecular weight is 1170 g/mol. The standard InChI is InChI=1S/C77H144O6/c1-4-7-10-13-16-19-22-25-28-30-32-34-36-38-39-40-42-43-45-47-49-52-55-58-61-64-67-70-76(79)82-73-74(72-81-75(78)69-66-63-60-57-54-51-27-24-21-18-15-12-9-6-3)83-77(80)71-68-65-62-59-56-53-50-48-46-44-41-37-35-33-31-29-26-23-20-17-14-11-8-5-2/h15,18,24,27,30,32,74H,4-14,16-17,19-23,25-26,28-29,31,33-73H2,1-3H3/b18-15-,27-24-,32-30-. The van der Waals surface area contributed by atoms with E-state index in [1.807, 2.05) is 0 Å². The molecule has 0 aromatic carbocycles. The van der Waals surface area contributed by atoms with E-state index in [1.54, 1.807) is 0 Å². The second-order valence-corrected chi connectivity index (χ2v) is 25.6. The molecule has 0 amide bonds. The summed E-state index contributed by atoms with van der Waals surface area (Å²) in [5.74, 6) is -0.853. The molecule has 0 rings (SSSR count). The predicted octanol–water partition coefficient (Wildman–Crippen LogP) is 25.9. The fourth-order valence-electron chi connectivity index (χ4n) is 11.5. The SMILES string of the molecule is CCCC/C=C\C/C=C\CCCCCCCC(=O)OCC(COC(=O)CCCCCCCCCCCCCCCCC/C=C\CCCCCCCCCC)OC(=O)CCCCCCCCCCCCCCCCCCCCCCCCCC. The third-order valence-corrected chi connectivity index (χ3v) is 17.1. The maximum atomic E-state index is 13.0. The van der Waals surface area contributed by atoms with E-state index < -0.39 is 6.10 Å². The Labute approximate surface area is 518 Å². The van der Waals surface area contributed by atoms with Gasteiger partial charge in [0.1, 0.15) is 13.2 Å². The Bertz CT molecular complexity index is 1380. The molecule has 6 heteroatoms. The van der Waals surface area contributed by atoms with Crippen molar-refractivity contribution in [2.45, 2.75) is 425 Å². The fourth-order valence-corrected chi connectivity index (χ4v) is 11.5. The molecule has 1 atom stereocenters. The molecule has 0 aliphatic carbocycles. The average Bonchev–Trinajstić information content (AvgIpc) is 3.49. The number of carbonyl (C=O) groups excluding carboxylic acids is 3. The topological polar surface area (TPSA) is 78.9 Å². The lowest BCUT2D eigenvalue weighted by molar-refractivity contribution is -0.167. The molecule has 0 heterocycles. The molecule has 0 radical (unpaired) electrons. The molecule has 0 aromatic rings. The Hall–Kier alpha value is -2.37. The van der Waals surface area contributed by atoms with Crippen LogP contribution in [0, 0.1) is 0 Å². The number of esters is 3. The van der Waals surface area contributed by atoms with Crippen molar-refractivity contribution in [2.75, 3.05) is 13.2 Å². The van der Waals surface area contributed by atoms with Crippen LogP contribution in [0.3, 0.4) is 0 Å². The fraction of sp³-hybridized carbons (Fsp3) is 0.883. The van der Waals surface area contributed by atoms with Crippen molar-refractivity contribution in [1.82, 2.24) is 0 Å². The van der Waals surface area contributed by atoms with Gasteiger partial charge in [-0.15, -0.1) is 0 Å². The first kappa shape index (κ1) is 80.6. The normalized spacial score (nSPS) is 12.2. The van der Waals surface area contributed by atoms with Crippen molar-refractivity contribution >= 4 is 17.9 Å². The number of rotatable bonds is 70. The van der Waals surface area contributed by atoms with E-state index in [0.717, 1.165) is 77.0 Å². The third kappa shape index (κ3) is 70.3. The van der Waals surface area contributed by atoms with Gasteiger partial charge in [-0.05, 0) is 70.6 Å². The molecule has 0 bridgehead atoms. The highest BCUT2D eigenvalue weighted by atomic mass is 16.6. The van der Waals surface area contributed by atoms with E-state index in [4.69, 9.17) is 14.2 Å². The Morgan fingerprint density at radius 2 is 0.446 bits per heavy atom. The van der Waals surface area contributed by atoms with Crippen LogP contribution in [0.1, 0.15) is 419 Å². The molecule has 6 nitrogen and oxygen atoms in total. The molecule has 0 aliphatic heterocycles. The number of unbranched alkanes of at least 4 members (excludes halogenated alkanes) is 53. The second kappa shape index (κ2) is 72.1. The van der Waals surface area contributed by atoms with E-state index in [1.165, 1.54) is 302 Å². The van der Waals surface area contributed by atoms with E-state index in [0.29, 0.717) is 19.3 Å².